The molecule has 118 valence electrons. The molecule has 1 aromatic carbocycles. The molecule has 1 heterocycles. The molecule has 0 unspecified atom stereocenters. The molecule has 0 saturated carbocycles. The van der Waals surface area contributed by atoms with Gasteiger partial charge in [-0.15, -0.1) is 0 Å². The van der Waals surface area contributed by atoms with E-state index >= 15 is 0 Å². The second kappa shape index (κ2) is 7.61. The minimum atomic E-state index is -0.648. The number of anilines is 1. The number of rotatable bonds is 6. The fraction of sp³-hybridized carbons (Fsp3) is 0.375. The van der Waals surface area contributed by atoms with E-state index < -0.39 is 11.8 Å². The molecule has 0 atom stereocenters. The van der Waals surface area contributed by atoms with Crippen LogP contribution in [0.4, 0.5) is 5.69 Å². The highest BCUT2D eigenvalue weighted by Crippen LogP contribution is 2.17. The van der Waals surface area contributed by atoms with Gasteiger partial charge in [0.1, 0.15) is 0 Å². The number of amides is 2. The molecule has 0 aliphatic heterocycles. The average molecular weight is 302 g/mol. The van der Waals surface area contributed by atoms with E-state index in [1.165, 1.54) is 0 Å². The van der Waals surface area contributed by atoms with E-state index in [9.17, 15) is 9.59 Å². The Balaban J connectivity index is 1.84. The number of hydrogen-bond acceptors (Lipinski definition) is 3. The summed E-state index contributed by atoms with van der Waals surface area (Å²) >= 11 is 0. The third-order valence-corrected chi connectivity index (χ3v) is 3.63. The zero-order valence-electron chi connectivity index (χ0n) is 13.0. The lowest BCUT2D eigenvalue weighted by Gasteiger charge is -2.17. The fourth-order valence-electron chi connectivity index (χ4n) is 2.26. The van der Waals surface area contributed by atoms with Crippen molar-refractivity contribution in [3.8, 4) is 0 Å². The molecule has 1 aromatic heterocycles. The van der Waals surface area contributed by atoms with Crippen LogP contribution in [-0.2, 0) is 9.59 Å². The molecular weight excluding hydrogens is 280 g/mol. The number of nitrogens with zero attached hydrogens (tertiary/aromatic N) is 1. The van der Waals surface area contributed by atoms with Gasteiger partial charge in [-0.2, -0.15) is 0 Å². The normalized spacial score (nSPS) is 10.9. The van der Waals surface area contributed by atoms with Crippen molar-refractivity contribution in [3.63, 3.8) is 0 Å². The summed E-state index contributed by atoms with van der Waals surface area (Å²) in [5.74, 6) is -1.26. The first-order chi connectivity index (χ1) is 10.6. The monoisotopic (exact) mass is 302 g/mol. The molecule has 6 nitrogen and oxygen atoms in total. The third kappa shape index (κ3) is 4.08. The summed E-state index contributed by atoms with van der Waals surface area (Å²) in [4.78, 5) is 28.9. The zero-order chi connectivity index (χ0) is 15.9. The molecule has 0 fully saturated rings. The summed E-state index contributed by atoms with van der Waals surface area (Å²) in [5.41, 5.74) is 1.51. The van der Waals surface area contributed by atoms with Gasteiger partial charge in [-0.3, -0.25) is 9.59 Å². The highest BCUT2D eigenvalue weighted by atomic mass is 16.2. The molecule has 22 heavy (non-hydrogen) atoms. The number of carbonyl (C=O) groups excluding carboxylic acids is 2. The predicted molar refractivity (Wildman–Crippen MR) is 87.7 cm³/mol. The van der Waals surface area contributed by atoms with Crippen LogP contribution < -0.4 is 10.6 Å². The maximum absolute atomic E-state index is 11.9. The zero-order valence-corrected chi connectivity index (χ0v) is 13.0. The van der Waals surface area contributed by atoms with Crippen molar-refractivity contribution in [2.75, 3.05) is 31.5 Å². The molecule has 2 aromatic rings. The Bertz CT molecular complexity index is 646. The second-order valence-corrected chi connectivity index (χ2v) is 5.02. The van der Waals surface area contributed by atoms with E-state index in [2.05, 4.69) is 34.4 Å². The summed E-state index contributed by atoms with van der Waals surface area (Å²) < 4.78 is 0. The molecule has 0 bridgehead atoms. The molecule has 0 radical (unpaired) electrons. The van der Waals surface area contributed by atoms with Gasteiger partial charge in [-0.05, 0) is 36.7 Å². The van der Waals surface area contributed by atoms with Crippen LogP contribution in [0.1, 0.15) is 13.8 Å². The summed E-state index contributed by atoms with van der Waals surface area (Å²) in [7, 11) is 0. The van der Waals surface area contributed by atoms with E-state index in [4.69, 9.17) is 0 Å². The van der Waals surface area contributed by atoms with E-state index in [1.54, 1.807) is 12.1 Å². The Morgan fingerprint density at radius 1 is 1.14 bits per heavy atom. The van der Waals surface area contributed by atoms with Gasteiger partial charge in [0.15, 0.2) is 0 Å². The number of aromatic amines is 1. The molecule has 2 amide bonds. The Morgan fingerprint density at radius 3 is 2.64 bits per heavy atom. The minimum absolute atomic E-state index is 0.462. The average Bonchev–Trinajstić information content (AvgIpc) is 2.99. The number of H-pyrrole nitrogens is 1. The van der Waals surface area contributed by atoms with Crippen LogP contribution in [0.5, 0.6) is 0 Å². The number of benzene rings is 1. The van der Waals surface area contributed by atoms with Gasteiger partial charge in [0, 0.05) is 30.5 Å². The molecular formula is C16H22N4O2. The summed E-state index contributed by atoms with van der Waals surface area (Å²) in [5, 5.41) is 6.30. The lowest BCUT2D eigenvalue weighted by Crippen LogP contribution is -2.40. The van der Waals surface area contributed by atoms with Gasteiger partial charge in [0.2, 0.25) is 0 Å². The number of aromatic nitrogens is 1. The maximum Gasteiger partial charge on any atom is 0.313 e. The van der Waals surface area contributed by atoms with Crippen molar-refractivity contribution in [2.24, 2.45) is 0 Å². The van der Waals surface area contributed by atoms with Gasteiger partial charge in [-0.25, -0.2) is 0 Å². The van der Waals surface area contributed by atoms with E-state index in [0.29, 0.717) is 12.2 Å². The van der Waals surface area contributed by atoms with E-state index in [1.807, 2.05) is 18.3 Å². The Labute approximate surface area is 129 Å². The number of likely N-dealkylation sites (N-methyl/N-ethyl adjacent to an activating group) is 1. The van der Waals surface area contributed by atoms with Crippen LogP contribution in [-0.4, -0.2) is 47.9 Å². The van der Waals surface area contributed by atoms with Gasteiger partial charge < -0.3 is 20.5 Å². The fourth-order valence-corrected chi connectivity index (χ4v) is 2.26. The van der Waals surface area contributed by atoms with Gasteiger partial charge >= 0.3 is 11.8 Å². The molecule has 0 aliphatic carbocycles. The first-order valence-electron chi connectivity index (χ1n) is 7.52. The lowest BCUT2D eigenvalue weighted by molar-refractivity contribution is -0.136. The van der Waals surface area contributed by atoms with Crippen molar-refractivity contribution in [1.29, 1.82) is 0 Å². The predicted octanol–water partition coefficient (Wildman–Crippen LogP) is 1.56. The third-order valence-electron chi connectivity index (χ3n) is 3.63. The molecule has 0 aliphatic rings. The number of carbonyl (C=O) groups is 2. The molecule has 0 spiro atoms. The summed E-state index contributed by atoms with van der Waals surface area (Å²) in [6.07, 6.45) is 1.83. The Kier molecular flexibility index (Phi) is 5.55. The van der Waals surface area contributed by atoms with Crippen LogP contribution >= 0.6 is 0 Å². The Morgan fingerprint density at radius 2 is 1.91 bits per heavy atom. The molecule has 6 heteroatoms. The first kappa shape index (κ1) is 16.0. The highest BCUT2D eigenvalue weighted by Gasteiger charge is 2.13. The largest absolute Gasteiger partial charge is 0.361 e. The Hall–Kier alpha value is -2.34. The second-order valence-electron chi connectivity index (χ2n) is 5.02. The first-order valence-corrected chi connectivity index (χ1v) is 7.52. The molecule has 3 N–H and O–H groups in total. The molecule has 0 saturated heterocycles. The van der Waals surface area contributed by atoms with Gasteiger partial charge in [-0.1, -0.05) is 19.9 Å². The SMILES string of the molecule is CCN(CC)CCNC(=O)C(=O)Nc1ccc2cc[nH]c2c1. The van der Waals surface area contributed by atoms with Gasteiger partial charge in [0.05, 0.1) is 0 Å². The minimum Gasteiger partial charge on any atom is -0.361 e. The topological polar surface area (TPSA) is 77.2 Å². The quantitative estimate of drug-likeness (QED) is 0.709. The standard InChI is InChI=1S/C16H22N4O2/c1-3-20(4-2)10-9-18-15(21)16(22)19-13-6-5-12-7-8-17-14(12)11-13/h5-8,11,17H,3-4,9-10H2,1-2H3,(H,18,21)(H,19,22). The molecule has 2 rings (SSSR count). The smallest absolute Gasteiger partial charge is 0.313 e. The van der Waals surface area contributed by atoms with Crippen LogP contribution in [0.2, 0.25) is 0 Å². The highest BCUT2D eigenvalue weighted by molar-refractivity contribution is 6.39. The number of nitrogens with one attached hydrogen (secondary N) is 3. The van der Waals surface area contributed by atoms with E-state index in [-0.39, 0.29) is 0 Å². The van der Waals surface area contributed by atoms with Gasteiger partial charge in [0.25, 0.3) is 0 Å². The van der Waals surface area contributed by atoms with Crippen LogP contribution in [0, 0.1) is 0 Å². The van der Waals surface area contributed by atoms with Crippen LogP contribution in [0.15, 0.2) is 30.5 Å². The maximum atomic E-state index is 11.9. The van der Waals surface area contributed by atoms with Crippen LogP contribution in [0.3, 0.4) is 0 Å². The van der Waals surface area contributed by atoms with Crippen molar-refractivity contribution < 1.29 is 9.59 Å². The van der Waals surface area contributed by atoms with Crippen molar-refractivity contribution in [1.82, 2.24) is 15.2 Å². The van der Waals surface area contributed by atoms with Crippen molar-refractivity contribution in [3.05, 3.63) is 30.5 Å². The van der Waals surface area contributed by atoms with E-state index in [0.717, 1.165) is 30.5 Å². The number of fused-ring (bicyclic) bond motifs is 1. The summed E-state index contributed by atoms with van der Waals surface area (Å²) in [6.45, 7) is 7.18. The van der Waals surface area contributed by atoms with Crippen molar-refractivity contribution in [2.45, 2.75) is 13.8 Å². The van der Waals surface area contributed by atoms with Crippen molar-refractivity contribution >= 4 is 28.4 Å². The lowest BCUT2D eigenvalue weighted by atomic mass is 10.2. The van der Waals surface area contributed by atoms with Crippen LogP contribution in [0.25, 0.3) is 10.9 Å². The number of hydrogen-bond donors (Lipinski definition) is 3. The summed E-state index contributed by atoms with van der Waals surface area (Å²) in [6, 6.07) is 7.41.